The van der Waals surface area contributed by atoms with Crippen molar-refractivity contribution >= 4 is 17.8 Å². The van der Waals surface area contributed by atoms with Crippen LogP contribution in [0.5, 0.6) is 0 Å². The number of fused-ring (bicyclic) bond motifs is 1. The smallest absolute Gasteiger partial charge is 0.330 e. The molecule has 0 fully saturated rings. The second-order valence-electron chi connectivity index (χ2n) is 9.73. The Hall–Kier alpha value is -2.95. The summed E-state index contributed by atoms with van der Waals surface area (Å²) in [6.45, 7) is 11.7. The van der Waals surface area contributed by atoms with Crippen molar-refractivity contribution in [3.63, 3.8) is 0 Å². The Morgan fingerprint density at radius 2 is 1.37 bits per heavy atom. The molecule has 2 amide bonds. The van der Waals surface area contributed by atoms with Gasteiger partial charge in [-0.05, 0) is 49.4 Å². The first-order chi connectivity index (χ1) is 13.9. The van der Waals surface area contributed by atoms with Crippen LogP contribution in [0.4, 0.5) is 0 Å². The lowest BCUT2D eigenvalue weighted by atomic mass is 9.86. The van der Waals surface area contributed by atoms with Gasteiger partial charge in [0.05, 0.1) is 11.1 Å². The molecule has 0 saturated heterocycles. The maximum absolute atomic E-state index is 13.1. The van der Waals surface area contributed by atoms with Crippen LogP contribution in [0.25, 0.3) is 0 Å². The summed E-state index contributed by atoms with van der Waals surface area (Å²) in [6.07, 6.45) is 0.199. The average Bonchev–Trinajstić information content (AvgIpc) is 2.89. The van der Waals surface area contributed by atoms with Crippen molar-refractivity contribution in [2.75, 3.05) is 0 Å². The highest BCUT2D eigenvalue weighted by atomic mass is 16.6. The fourth-order valence-corrected chi connectivity index (χ4v) is 3.50. The molecular formula is C25H29NO4. The number of hydrogen-bond acceptors (Lipinski definition) is 4. The molecule has 0 aliphatic carbocycles. The second kappa shape index (κ2) is 7.71. The van der Waals surface area contributed by atoms with E-state index >= 15 is 0 Å². The van der Waals surface area contributed by atoms with E-state index in [0.29, 0.717) is 11.1 Å². The van der Waals surface area contributed by atoms with Gasteiger partial charge in [-0.3, -0.25) is 14.5 Å². The van der Waals surface area contributed by atoms with Gasteiger partial charge in [0.2, 0.25) is 0 Å². The predicted molar refractivity (Wildman–Crippen MR) is 115 cm³/mol. The molecule has 0 radical (unpaired) electrons. The zero-order chi connectivity index (χ0) is 22.3. The van der Waals surface area contributed by atoms with Crippen molar-refractivity contribution in [2.24, 2.45) is 0 Å². The Bertz CT molecular complexity index is 942. The van der Waals surface area contributed by atoms with Gasteiger partial charge in [-0.15, -0.1) is 0 Å². The van der Waals surface area contributed by atoms with E-state index in [-0.39, 0.29) is 11.8 Å². The summed E-state index contributed by atoms with van der Waals surface area (Å²) in [7, 11) is 0. The maximum atomic E-state index is 13.1. The zero-order valence-electron chi connectivity index (χ0n) is 18.5. The van der Waals surface area contributed by atoms with Crippen molar-refractivity contribution in [3.8, 4) is 0 Å². The number of amides is 2. The highest BCUT2D eigenvalue weighted by Crippen LogP contribution is 2.28. The third-order valence-corrected chi connectivity index (χ3v) is 5.07. The molecule has 5 heteroatoms. The van der Waals surface area contributed by atoms with E-state index in [1.165, 1.54) is 5.56 Å². The van der Waals surface area contributed by atoms with Gasteiger partial charge in [0.15, 0.2) is 0 Å². The molecular weight excluding hydrogens is 378 g/mol. The lowest BCUT2D eigenvalue weighted by molar-refractivity contribution is -0.159. The minimum absolute atomic E-state index is 0.00558. The summed E-state index contributed by atoms with van der Waals surface area (Å²) in [5.74, 6) is -1.51. The Balaban J connectivity index is 1.95. The Morgan fingerprint density at radius 1 is 0.867 bits per heavy atom. The standard InChI is InChI=1S/C25H29NO4/c1-24(2,3)17-13-11-16(12-14-17)15-20(23(29)30-25(4,5)6)26-21(27)18-9-7-8-10-19(18)22(26)28/h7-14,20H,15H2,1-6H3/t20-/m0/s1. The molecule has 5 nitrogen and oxygen atoms in total. The summed E-state index contributed by atoms with van der Waals surface area (Å²) in [4.78, 5) is 40.1. The zero-order valence-corrected chi connectivity index (χ0v) is 18.5. The van der Waals surface area contributed by atoms with Crippen LogP contribution in [-0.4, -0.2) is 34.3 Å². The molecule has 1 aliphatic heterocycles. The summed E-state index contributed by atoms with van der Waals surface area (Å²) in [6, 6.07) is 13.5. The maximum Gasteiger partial charge on any atom is 0.330 e. The van der Waals surface area contributed by atoms with E-state index in [1.807, 2.05) is 24.3 Å². The Morgan fingerprint density at radius 3 is 1.80 bits per heavy atom. The summed E-state index contributed by atoms with van der Waals surface area (Å²) in [5, 5.41) is 0. The normalized spacial score (nSPS) is 15.2. The van der Waals surface area contributed by atoms with Crippen LogP contribution in [0.1, 0.15) is 73.4 Å². The number of carbonyl (C=O) groups is 3. The number of hydrogen-bond donors (Lipinski definition) is 0. The lowest BCUT2D eigenvalue weighted by Crippen LogP contribution is -2.48. The van der Waals surface area contributed by atoms with Gasteiger partial charge in [-0.25, -0.2) is 4.79 Å². The van der Waals surface area contributed by atoms with Crippen LogP contribution in [0, 0.1) is 0 Å². The Labute approximate surface area is 178 Å². The van der Waals surface area contributed by atoms with E-state index < -0.39 is 29.4 Å². The summed E-state index contributed by atoms with van der Waals surface area (Å²) in [5.41, 5.74) is 1.94. The third-order valence-electron chi connectivity index (χ3n) is 5.07. The van der Waals surface area contributed by atoms with Gasteiger partial charge in [-0.1, -0.05) is 57.2 Å². The minimum Gasteiger partial charge on any atom is -0.458 e. The van der Waals surface area contributed by atoms with E-state index in [2.05, 4.69) is 20.8 Å². The molecule has 158 valence electrons. The van der Waals surface area contributed by atoms with Gasteiger partial charge in [0.25, 0.3) is 11.8 Å². The molecule has 2 aromatic carbocycles. The van der Waals surface area contributed by atoms with Crippen LogP contribution in [-0.2, 0) is 21.4 Å². The molecule has 1 aliphatic rings. The molecule has 0 saturated carbocycles. The fraction of sp³-hybridized carbons (Fsp3) is 0.400. The highest BCUT2D eigenvalue weighted by molar-refractivity contribution is 6.22. The van der Waals surface area contributed by atoms with Crippen LogP contribution in [0.2, 0.25) is 0 Å². The Kier molecular flexibility index (Phi) is 5.59. The van der Waals surface area contributed by atoms with Gasteiger partial charge < -0.3 is 4.74 Å². The van der Waals surface area contributed by atoms with Crippen LogP contribution in [0.15, 0.2) is 48.5 Å². The molecule has 0 bridgehead atoms. The first kappa shape index (κ1) is 21.8. The van der Waals surface area contributed by atoms with Crippen LogP contribution < -0.4 is 0 Å². The number of carbonyl (C=O) groups excluding carboxylic acids is 3. The first-order valence-electron chi connectivity index (χ1n) is 10.2. The van der Waals surface area contributed by atoms with Crippen molar-refractivity contribution in [1.82, 2.24) is 4.90 Å². The van der Waals surface area contributed by atoms with E-state index in [4.69, 9.17) is 4.74 Å². The number of ether oxygens (including phenoxy) is 1. The molecule has 2 aromatic rings. The molecule has 0 spiro atoms. The molecule has 1 heterocycles. The molecule has 0 N–H and O–H groups in total. The van der Waals surface area contributed by atoms with Crippen LogP contribution in [0.3, 0.4) is 0 Å². The predicted octanol–water partition coefficient (Wildman–Crippen LogP) is 4.53. The molecule has 3 rings (SSSR count). The third kappa shape index (κ3) is 4.45. The molecule has 0 unspecified atom stereocenters. The molecule has 1 atom stereocenters. The van der Waals surface area contributed by atoms with Crippen LogP contribution >= 0.6 is 0 Å². The van der Waals surface area contributed by atoms with Crippen molar-refractivity contribution in [3.05, 3.63) is 70.8 Å². The first-order valence-corrected chi connectivity index (χ1v) is 10.2. The number of imide groups is 1. The molecule has 30 heavy (non-hydrogen) atoms. The minimum atomic E-state index is -1.03. The lowest BCUT2D eigenvalue weighted by Gasteiger charge is -2.29. The second-order valence-corrected chi connectivity index (χ2v) is 9.73. The largest absolute Gasteiger partial charge is 0.458 e. The monoisotopic (exact) mass is 407 g/mol. The number of esters is 1. The SMILES string of the molecule is CC(C)(C)OC(=O)[C@H](Cc1ccc(C(C)(C)C)cc1)N1C(=O)c2ccccc2C1=O. The van der Waals surface area contributed by atoms with Gasteiger partial charge in [0, 0.05) is 6.42 Å². The van der Waals surface area contributed by atoms with Gasteiger partial charge >= 0.3 is 5.97 Å². The topological polar surface area (TPSA) is 63.7 Å². The quantitative estimate of drug-likeness (QED) is 0.552. The van der Waals surface area contributed by atoms with Crippen molar-refractivity contribution < 1.29 is 19.1 Å². The van der Waals surface area contributed by atoms with Gasteiger partial charge in [0.1, 0.15) is 11.6 Å². The number of rotatable bonds is 4. The average molecular weight is 408 g/mol. The number of nitrogens with zero attached hydrogens (tertiary/aromatic N) is 1. The molecule has 0 aromatic heterocycles. The van der Waals surface area contributed by atoms with Gasteiger partial charge in [-0.2, -0.15) is 0 Å². The number of benzene rings is 2. The van der Waals surface area contributed by atoms with Crippen molar-refractivity contribution in [1.29, 1.82) is 0 Å². The van der Waals surface area contributed by atoms with Crippen molar-refractivity contribution in [2.45, 2.75) is 65.0 Å². The fourth-order valence-electron chi connectivity index (χ4n) is 3.50. The van der Waals surface area contributed by atoms with E-state index in [0.717, 1.165) is 10.5 Å². The highest BCUT2D eigenvalue weighted by Gasteiger charge is 2.44. The van der Waals surface area contributed by atoms with E-state index in [1.54, 1.807) is 45.0 Å². The summed E-state index contributed by atoms with van der Waals surface area (Å²) < 4.78 is 5.57. The summed E-state index contributed by atoms with van der Waals surface area (Å²) >= 11 is 0. The van der Waals surface area contributed by atoms with E-state index in [9.17, 15) is 14.4 Å².